The summed E-state index contributed by atoms with van der Waals surface area (Å²) >= 11 is 0. The van der Waals surface area contributed by atoms with Gasteiger partial charge in [-0.05, 0) is 33.8 Å². The first kappa shape index (κ1) is 14.2. The maximum atomic E-state index is 11.7. The number of aliphatic carboxylic acids is 1. The zero-order valence-corrected chi connectivity index (χ0v) is 11.0. The smallest absolute Gasteiger partial charge is 0.359 e. The molecule has 1 atom stereocenters. The Morgan fingerprint density at radius 2 is 2.11 bits per heavy atom. The number of carboxylic acid groups (broad SMARTS) is 1. The molecule has 0 aliphatic heterocycles. The standard InChI is InChI=1S/C12H18N2O4/c1-8(7-10(15)16)14-6-5-9(13-14)11(17)18-12(2,3)4/h5-6,8H,7H2,1-4H3,(H,15,16)/t8-/m0/s1. The van der Waals surface area contributed by atoms with Crippen LogP contribution >= 0.6 is 0 Å². The van der Waals surface area contributed by atoms with Crippen molar-refractivity contribution in [3.8, 4) is 0 Å². The van der Waals surface area contributed by atoms with E-state index in [-0.39, 0.29) is 18.2 Å². The molecule has 0 saturated heterocycles. The van der Waals surface area contributed by atoms with E-state index in [9.17, 15) is 9.59 Å². The summed E-state index contributed by atoms with van der Waals surface area (Å²) in [5, 5.41) is 12.7. The molecule has 0 bridgehead atoms. The summed E-state index contributed by atoms with van der Waals surface area (Å²) in [6, 6.07) is 1.21. The molecule has 1 N–H and O–H groups in total. The highest BCUT2D eigenvalue weighted by Crippen LogP contribution is 2.13. The molecule has 0 aliphatic carbocycles. The largest absolute Gasteiger partial charge is 0.481 e. The molecule has 1 rings (SSSR count). The normalized spacial score (nSPS) is 13.1. The molecule has 18 heavy (non-hydrogen) atoms. The number of carboxylic acids is 1. The van der Waals surface area contributed by atoms with Gasteiger partial charge in [-0.15, -0.1) is 0 Å². The summed E-state index contributed by atoms with van der Waals surface area (Å²) in [5.41, 5.74) is -0.393. The van der Waals surface area contributed by atoms with Crippen LogP contribution < -0.4 is 0 Å². The minimum Gasteiger partial charge on any atom is -0.481 e. The average molecular weight is 254 g/mol. The lowest BCUT2D eigenvalue weighted by Gasteiger charge is -2.18. The van der Waals surface area contributed by atoms with Crippen molar-refractivity contribution < 1.29 is 19.4 Å². The molecule has 0 amide bonds. The molecule has 0 unspecified atom stereocenters. The molecular weight excluding hydrogens is 236 g/mol. The number of ether oxygens (including phenoxy) is 1. The van der Waals surface area contributed by atoms with E-state index in [1.807, 2.05) is 0 Å². The molecule has 0 aromatic carbocycles. The predicted octanol–water partition coefficient (Wildman–Crippen LogP) is 1.87. The zero-order chi connectivity index (χ0) is 13.9. The van der Waals surface area contributed by atoms with E-state index in [1.54, 1.807) is 33.9 Å². The lowest BCUT2D eigenvalue weighted by molar-refractivity contribution is -0.137. The minimum absolute atomic E-state index is 0.0462. The highest BCUT2D eigenvalue weighted by Gasteiger charge is 2.20. The third-order valence-corrected chi connectivity index (χ3v) is 2.14. The van der Waals surface area contributed by atoms with Crippen LogP contribution in [0.25, 0.3) is 0 Å². The van der Waals surface area contributed by atoms with E-state index in [0.717, 1.165) is 0 Å². The molecule has 0 fully saturated rings. The van der Waals surface area contributed by atoms with Crippen LogP contribution in [0.3, 0.4) is 0 Å². The van der Waals surface area contributed by atoms with Gasteiger partial charge in [0.15, 0.2) is 5.69 Å². The fourth-order valence-corrected chi connectivity index (χ4v) is 1.37. The highest BCUT2D eigenvalue weighted by molar-refractivity contribution is 5.87. The molecule has 1 heterocycles. The first-order valence-electron chi connectivity index (χ1n) is 5.69. The highest BCUT2D eigenvalue weighted by atomic mass is 16.6. The summed E-state index contributed by atoms with van der Waals surface area (Å²) in [7, 11) is 0. The molecule has 0 aliphatic rings. The van der Waals surface area contributed by atoms with Crippen LogP contribution in [0.15, 0.2) is 12.3 Å². The van der Waals surface area contributed by atoms with E-state index in [0.29, 0.717) is 0 Å². The van der Waals surface area contributed by atoms with E-state index < -0.39 is 17.5 Å². The van der Waals surface area contributed by atoms with Crippen LogP contribution in [0.4, 0.5) is 0 Å². The third-order valence-electron chi connectivity index (χ3n) is 2.14. The molecule has 6 nitrogen and oxygen atoms in total. The van der Waals surface area contributed by atoms with Gasteiger partial charge in [0.05, 0.1) is 12.5 Å². The molecule has 0 spiro atoms. The third kappa shape index (κ3) is 4.20. The van der Waals surface area contributed by atoms with Gasteiger partial charge in [-0.3, -0.25) is 9.48 Å². The Hall–Kier alpha value is -1.85. The maximum absolute atomic E-state index is 11.7. The van der Waals surface area contributed by atoms with Crippen LogP contribution in [-0.2, 0) is 9.53 Å². The number of hydrogen-bond acceptors (Lipinski definition) is 4. The van der Waals surface area contributed by atoms with Gasteiger partial charge in [0, 0.05) is 6.20 Å². The molecule has 1 aromatic rings. The zero-order valence-electron chi connectivity index (χ0n) is 11.0. The SMILES string of the molecule is C[C@@H](CC(=O)O)n1ccc(C(=O)OC(C)(C)C)n1. The topological polar surface area (TPSA) is 81.4 Å². The Kier molecular flexibility index (Phi) is 4.11. The number of hydrogen-bond donors (Lipinski definition) is 1. The molecule has 0 saturated carbocycles. The van der Waals surface area contributed by atoms with Gasteiger partial charge in [0.2, 0.25) is 0 Å². The van der Waals surface area contributed by atoms with Crippen molar-refractivity contribution in [3.63, 3.8) is 0 Å². The molecule has 0 radical (unpaired) electrons. The number of carbonyl (C=O) groups excluding carboxylic acids is 1. The Morgan fingerprint density at radius 1 is 1.50 bits per heavy atom. The van der Waals surface area contributed by atoms with Gasteiger partial charge < -0.3 is 9.84 Å². The molecule has 6 heteroatoms. The van der Waals surface area contributed by atoms with Crippen molar-refractivity contribution in [1.29, 1.82) is 0 Å². The van der Waals surface area contributed by atoms with Crippen LogP contribution in [-0.4, -0.2) is 32.4 Å². The molecule has 100 valence electrons. The Bertz CT molecular complexity index is 445. The summed E-state index contributed by atoms with van der Waals surface area (Å²) in [4.78, 5) is 22.3. The summed E-state index contributed by atoms with van der Waals surface area (Å²) < 4.78 is 6.62. The molecular formula is C12H18N2O4. The Labute approximate surface area is 106 Å². The second kappa shape index (κ2) is 5.20. The number of esters is 1. The number of rotatable bonds is 4. The van der Waals surface area contributed by atoms with E-state index in [1.165, 1.54) is 10.7 Å². The predicted molar refractivity (Wildman–Crippen MR) is 64.4 cm³/mol. The fourth-order valence-electron chi connectivity index (χ4n) is 1.37. The van der Waals surface area contributed by atoms with Crippen molar-refractivity contribution in [2.75, 3.05) is 0 Å². The van der Waals surface area contributed by atoms with Gasteiger partial charge in [-0.1, -0.05) is 0 Å². The Balaban J connectivity index is 2.74. The first-order valence-corrected chi connectivity index (χ1v) is 5.69. The van der Waals surface area contributed by atoms with Crippen molar-refractivity contribution in [2.45, 2.75) is 45.8 Å². The Morgan fingerprint density at radius 3 is 2.61 bits per heavy atom. The van der Waals surface area contributed by atoms with Crippen LogP contribution in [0, 0.1) is 0 Å². The van der Waals surface area contributed by atoms with Crippen molar-refractivity contribution in [3.05, 3.63) is 18.0 Å². The molecule has 1 aromatic heterocycles. The van der Waals surface area contributed by atoms with E-state index in [2.05, 4.69) is 5.10 Å². The van der Waals surface area contributed by atoms with Crippen LogP contribution in [0.2, 0.25) is 0 Å². The van der Waals surface area contributed by atoms with Gasteiger partial charge in [-0.25, -0.2) is 4.79 Å². The van der Waals surface area contributed by atoms with E-state index >= 15 is 0 Å². The van der Waals surface area contributed by atoms with Crippen LogP contribution in [0.5, 0.6) is 0 Å². The van der Waals surface area contributed by atoms with Gasteiger partial charge >= 0.3 is 11.9 Å². The second-order valence-electron chi connectivity index (χ2n) is 5.13. The number of aromatic nitrogens is 2. The maximum Gasteiger partial charge on any atom is 0.359 e. The fraction of sp³-hybridized carbons (Fsp3) is 0.583. The van der Waals surface area contributed by atoms with Gasteiger partial charge in [-0.2, -0.15) is 5.10 Å². The number of carbonyl (C=O) groups is 2. The monoisotopic (exact) mass is 254 g/mol. The lowest BCUT2D eigenvalue weighted by Crippen LogP contribution is -2.24. The summed E-state index contributed by atoms with van der Waals surface area (Å²) in [6.07, 6.45) is 1.53. The second-order valence-corrected chi connectivity index (χ2v) is 5.13. The summed E-state index contributed by atoms with van der Waals surface area (Å²) in [5.74, 6) is -1.42. The first-order chi connectivity index (χ1) is 8.19. The van der Waals surface area contributed by atoms with Crippen molar-refractivity contribution in [2.24, 2.45) is 0 Å². The average Bonchev–Trinajstić information content (AvgIpc) is 2.61. The van der Waals surface area contributed by atoms with Crippen LogP contribution in [0.1, 0.15) is 50.6 Å². The summed E-state index contributed by atoms with van der Waals surface area (Å²) in [6.45, 7) is 7.04. The lowest BCUT2D eigenvalue weighted by atomic mass is 10.2. The van der Waals surface area contributed by atoms with Gasteiger partial charge in [0.1, 0.15) is 5.60 Å². The van der Waals surface area contributed by atoms with Crippen molar-refractivity contribution >= 4 is 11.9 Å². The van der Waals surface area contributed by atoms with Crippen molar-refractivity contribution in [1.82, 2.24) is 9.78 Å². The number of nitrogens with zero attached hydrogens (tertiary/aromatic N) is 2. The quantitative estimate of drug-likeness (QED) is 0.829. The van der Waals surface area contributed by atoms with Gasteiger partial charge in [0.25, 0.3) is 0 Å². The minimum atomic E-state index is -0.906. The van der Waals surface area contributed by atoms with E-state index in [4.69, 9.17) is 9.84 Å².